The zero-order valence-electron chi connectivity index (χ0n) is 43.5. The summed E-state index contributed by atoms with van der Waals surface area (Å²) in [6.07, 6.45) is 72.8. The zero-order valence-corrected chi connectivity index (χ0v) is 43.5. The van der Waals surface area contributed by atoms with Crippen molar-refractivity contribution in [3.05, 3.63) is 109 Å². The van der Waals surface area contributed by atoms with Crippen LogP contribution in [0.3, 0.4) is 0 Å². The highest BCUT2D eigenvalue weighted by Crippen LogP contribution is 2.17. The first kappa shape index (κ1) is 63.5. The van der Waals surface area contributed by atoms with Crippen molar-refractivity contribution in [2.45, 2.75) is 257 Å². The molecule has 0 heterocycles. The van der Waals surface area contributed by atoms with E-state index in [1.165, 1.54) is 89.9 Å². The Morgan fingerprint density at radius 3 is 1.25 bits per heavy atom. The lowest BCUT2D eigenvalue weighted by Gasteiger charge is -2.24. The quantitative estimate of drug-likeness (QED) is 0.0321. The minimum absolute atomic E-state index is 0.0332. The number of aliphatic hydroxyl groups excluding tert-OH is 2. The molecule has 0 rings (SSSR count). The largest absolute Gasteiger partial charge is 0.462 e. The fraction of sp³-hybridized carbons (Fsp3) is 0.672. The van der Waals surface area contributed by atoms with Gasteiger partial charge in [-0.25, -0.2) is 0 Å². The van der Waals surface area contributed by atoms with Crippen LogP contribution in [0, 0.1) is 0 Å². The third kappa shape index (κ3) is 48.8. The summed E-state index contributed by atoms with van der Waals surface area (Å²) in [5, 5.41) is 23.8. The first-order chi connectivity index (χ1) is 33.0. The fourth-order valence-electron chi connectivity index (χ4n) is 7.83. The summed E-state index contributed by atoms with van der Waals surface area (Å²) in [5.74, 6) is -0.548. The molecule has 6 nitrogen and oxygen atoms in total. The summed E-state index contributed by atoms with van der Waals surface area (Å²) in [5.41, 5.74) is 0. The highest BCUT2D eigenvalue weighted by atomic mass is 16.5. The molecule has 0 fully saturated rings. The number of unbranched alkanes of at least 4 members (excludes halogenated alkanes) is 25. The Balaban J connectivity index is 4.74. The molecule has 6 heteroatoms. The van der Waals surface area contributed by atoms with Gasteiger partial charge in [0.25, 0.3) is 0 Å². The highest BCUT2D eigenvalue weighted by molar-refractivity contribution is 5.77. The Morgan fingerprint density at radius 2 is 0.791 bits per heavy atom. The van der Waals surface area contributed by atoms with Crippen molar-refractivity contribution in [2.24, 2.45) is 0 Å². The molecule has 0 aliphatic heterocycles. The van der Waals surface area contributed by atoms with Gasteiger partial charge in [0.15, 0.2) is 0 Å². The molecule has 3 N–H and O–H groups in total. The molecule has 0 saturated heterocycles. The Morgan fingerprint density at radius 1 is 0.433 bits per heavy atom. The Kier molecular flexibility index (Phi) is 50.7. The van der Waals surface area contributed by atoms with Crippen molar-refractivity contribution >= 4 is 11.9 Å². The van der Waals surface area contributed by atoms with Crippen molar-refractivity contribution in [3.8, 4) is 0 Å². The van der Waals surface area contributed by atoms with Crippen molar-refractivity contribution in [1.82, 2.24) is 5.32 Å². The molecule has 1 amide bonds. The minimum Gasteiger partial charge on any atom is -0.462 e. The van der Waals surface area contributed by atoms with Crippen LogP contribution in [0.15, 0.2) is 109 Å². The lowest BCUT2D eigenvalue weighted by molar-refractivity contribution is -0.151. The van der Waals surface area contributed by atoms with Gasteiger partial charge in [-0.1, -0.05) is 265 Å². The maximum absolute atomic E-state index is 13.3. The number of nitrogens with one attached hydrogen (secondary N) is 1. The maximum atomic E-state index is 13.3. The van der Waals surface area contributed by atoms with E-state index < -0.39 is 18.2 Å². The number of amides is 1. The van der Waals surface area contributed by atoms with Crippen LogP contribution >= 0.6 is 0 Å². The Bertz CT molecular complexity index is 1370. The molecule has 0 spiro atoms. The summed E-state index contributed by atoms with van der Waals surface area (Å²) < 4.78 is 5.92. The van der Waals surface area contributed by atoms with Gasteiger partial charge in [-0.3, -0.25) is 9.59 Å². The predicted octanol–water partition coefficient (Wildman–Crippen LogP) is 17.1. The van der Waals surface area contributed by atoms with E-state index in [1.807, 2.05) is 36.5 Å². The molecule has 0 aliphatic rings. The highest BCUT2D eigenvalue weighted by Gasteiger charge is 2.24. The Labute approximate surface area is 413 Å². The van der Waals surface area contributed by atoms with Crippen molar-refractivity contribution in [1.29, 1.82) is 0 Å². The number of ether oxygens (including phenoxy) is 1. The van der Waals surface area contributed by atoms with Gasteiger partial charge in [0, 0.05) is 6.42 Å². The summed E-state index contributed by atoms with van der Waals surface area (Å²) in [7, 11) is 0. The van der Waals surface area contributed by atoms with Crippen LogP contribution in [0.5, 0.6) is 0 Å². The molecule has 0 aromatic carbocycles. The number of allylic oxidation sites excluding steroid dienone is 18. The molecule has 3 atom stereocenters. The van der Waals surface area contributed by atoms with Crippen LogP contribution in [0.4, 0.5) is 0 Å². The number of aliphatic hydroxyl groups is 2. The van der Waals surface area contributed by atoms with Gasteiger partial charge in [-0.2, -0.15) is 0 Å². The average molecular weight is 930 g/mol. The second kappa shape index (κ2) is 53.5. The molecule has 0 aromatic rings. The van der Waals surface area contributed by atoms with Gasteiger partial charge in [-0.15, -0.1) is 0 Å². The van der Waals surface area contributed by atoms with E-state index in [0.717, 1.165) is 103 Å². The van der Waals surface area contributed by atoms with Crippen LogP contribution < -0.4 is 5.32 Å². The molecular formula is C61H103NO5. The second-order valence-corrected chi connectivity index (χ2v) is 18.5. The third-order valence-electron chi connectivity index (χ3n) is 12.0. The van der Waals surface area contributed by atoms with E-state index in [9.17, 15) is 19.8 Å². The molecule has 67 heavy (non-hydrogen) atoms. The maximum Gasteiger partial charge on any atom is 0.306 e. The van der Waals surface area contributed by atoms with E-state index in [4.69, 9.17) is 4.74 Å². The number of hydrogen-bond acceptors (Lipinski definition) is 5. The van der Waals surface area contributed by atoms with Gasteiger partial charge in [0.1, 0.15) is 6.10 Å². The van der Waals surface area contributed by atoms with Crippen LogP contribution in [0.2, 0.25) is 0 Å². The van der Waals surface area contributed by atoms with E-state index in [2.05, 4.69) is 99.0 Å². The van der Waals surface area contributed by atoms with Gasteiger partial charge < -0.3 is 20.3 Å². The molecule has 0 aliphatic carbocycles. The van der Waals surface area contributed by atoms with Gasteiger partial charge in [-0.05, 0) is 70.6 Å². The number of carbonyl (C=O) groups is 2. The molecule has 3 unspecified atom stereocenters. The molecule has 0 bridgehead atoms. The van der Waals surface area contributed by atoms with Crippen molar-refractivity contribution in [3.63, 3.8) is 0 Å². The van der Waals surface area contributed by atoms with Crippen LogP contribution in [0.1, 0.15) is 239 Å². The van der Waals surface area contributed by atoms with Crippen LogP contribution in [-0.4, -0.2) is 46.9 Å². The predicted molar refractivity (Wildman–Crippen MR) is 291 cm³/mol. The van der Waals surface area contributed by atoms with E-state index >= 15 is 0 Å². The van der Waals surface area contributed by atoms with E-state index in [0.29, 0.717) is 19.3 Å². The van der Waals surface area contributed by atoms with Crippen LogP contribution in [-0.2, 0) is 14.3 Å². The summed E-state index contributed by atoms with van der Waals surface area (Å²) in [4.78, 5) is 26.2. The van der Waals surface area contributed by atoms with Gasteiger partial charge >= 0.3 is 5.97 Å². The molecular weight excluding hydrogens is 827 g/mol. The lowest BCUT2D eigenvalue weighted by Crippen LogP contribution is -2.46. The monoisotopic (exact) mass is 930 g/mol. The first-order valence-electron chi connectivity index (χ1n) is 27.7. The van der Waals surface area contributed by atoms with E-state index in [1.54, 1.807) is 0 Å². The van der Waals surface area contributed by atoms with Crippen molar-refractivity contribution < 1.29 is 24.5 Å². The number of esters is 1. The average Bonchev–Trinajstić information content (AvgIpc) is 3.32. The third-order valence-corrected chi connectivity index (χ3v) is 12.0. The molecule has 382 valence electrons. The first-order valence-corrected chi connectivity index (χ1v) is 27.7. The summed E-state index contributed by atoms with van der Waals surface area (Å²) in [6, 6.07) is -0.729. The molecule has 0 aromatic heterocycles. The smallest absolute Gasteiger partial charge is 0.306 e. The molecule has 0 saturated carbocycles. The second-order valence-electron chi connectivity index (χ2n) is 18.5. The van der Waals surface area contributed by atoms with Gasteiger partial charge in [0.05, 0.1) is 25.2 Å². The van der Waals surface area contributed by atoms with E-state index in [-0.39, 0.29) is 24.9 Å². The zero-order chi connectivity index (χ0) is 48.8. The molecule has 0 radical (unpaired) electrons. The minimum atomic E-state index is -0.812. The summed E-state index contributed by atoms with van der Waals surface area (Å²) >= 11 is 0. The van der Waals surface area contributed by atoms with Crippen LogP contribution in [0.25, 0.3) is 0 Å². The number of hydrogen-bond donors (Lipinski definition) is 3. The van der Waals surface area contributed by atoms with Gasteiger partial charge in [0.2, 0.25) is 5.91 Å². The summed E-state index contributed by atoms with van der Waals surface area (Å²) in [6.45, 7) is 6.34. The normalized spacial score (nSPS) is 14.0. The van der Waals surface area contributed by atoms with Crippen molar-refractivity contribution in [2.75, 3.05) is 6.61 Å². The SMILES string of the molecule is CCC/C=C/C=C/C=C/C=C/C=C/CCCCCC(CC(=O)NC(CO)C(O)CCCCCCCCCCCCCCCC)OC(=O)CCCCCCC/C=C/C=C/C=C/C=C/CCCCC. The fourth-order valence-corrected chi connectivity index (χ4v) is 7.83. The number of carbonyl (C=O) groups excluding carboxylic acids is 2. The number of rotatable bonds is 48. The topological polar surface area (TPSA) is 95.9 Å². The lowest BCUT2D eigenvalue weighted by atomic mass is 10.0. The standard InChI is InChI=1S/C61H103NO5/c1-4-7-10-13-16-19-22-25-28-30-31-33-36-39-42-45-48-51-54-61(66)67-57(52-49-46-43-40-37-34-32-29-26-23-20-17-14-11-8-5-2)55-60(65)62-58(56-63)59(64)53-50-47-44-41-38-35-27-24-21-18-15-12-9-6-3/h11,14,16-17,19-20,22-23,25-26,28-34,37,57-59,63-64H,4-10,12-13,15,18,21,24,27,35-36,38-56H2,1-3H3,(H,62,65)/b14-11+,19-16+,20-17+,25-22+,26-23+,30-28+,32-29+,33-31+,37-34+. The Hall–Kier alpha value is -3.48.